The molecule has 4 amide bonds. The Balaban J connectivity index is 1.30. The Bertz CT molecular complexity index is 1290. The lowest BCUT2D eigenvalue weighted by atomic mass is 10.0. The number of amides is 4. The molecule has 0 radical (unpaired) electrons. The number of benzene rings is 1. The van der Waals surface area contributed by atoms with Crippen molar-refractivity contribution in [2.45, 2.75) is 38.9 Å². The van der Waals surface area contributed by atoms with E-state index in [1.165, 1.54) is 16.0 Å². The van der Waals surface area contributed by atoms with Crippen LogP contribution in [0.5, 0.6) is 0 Å². The van der Waals surface area contributed by atoms with Gasteiger partial charge in [-0.05, 0) is 25.5 Å². The number of oxazole rings is 1. The highest BCUT2D eigenvalue weighted by molar-refractivity contribution is 6.06. The number of anilines is 1. The summed E-state index contributed by atoms with van der Waals surface area (Å²) in [5.74, 6) is -0.898. The molecule has 2 aromatic heterocycles. The highest BCUT2D eigenvalue weighted by atomic mass is 16.3. The minimum Gasteiger partial charge on any atom is -0.448 e. The zero-order valence-corrected chi connectivity index (χ0v) is 17.6. The van der Waals surface area contributed by atoms with E-state index < -0.39 is 11.9 Å². The number of fused-ring (bicyclic) bond motifs is 1. The maximum absolute atomic E-state index is 12.9. The van der Waals surface area contributed by atoms with Crippen molar-refractivity contribution in [1.82, 2.24) is 30.2 Å². The number of rotatable bonds is 5. The molecule has 0 spiro atoms. The number of aromatic nitrogens is 4. The lowest BCUT2D eigenvalue weighted by Gasteiger charge is -2.29. The standard InChI is InChI=1S/C21H19N7O5/c1-11-19(22-10-33-11)15-8-27(26-25-15)9-18(30)23-14-4-2-3-12-13(14)7-28(21(12)32)16-5-6-17(29)24-20(16)31/h2-4,8,10,16H,5-7,9H2,1H3,(H,23,30)(H,24,29,31). The molecular weight excluding hydrogens is 430 g/mol. The van der Waals surface area contributed by atoms with Crippen molar-refractivity contribution in [3.63, 3.8) is 0 Å². The van der Waals surface area contributed by atoms with Crippen LogP contribution in [-0.2, 0) is 27.5 Å². The van der Waals surface area contributed by atoms with Crippen LogP contribution in [0.4, 0.5) is 5.69 Å². The molecule has 1 saturated heterocycles. The van der Waals surface area contributed by atoms with Crippen molar-refractivity contribution in [1.29, 1.82) is 0 Å². The van der Waals surface area contributed by atoms with E-state index in [0.717, 1.165) is 0 Å². The molecule has 1 atom stereocenters. The average Bonchev–Trinajstić information content (AvgIpc) is 3.48. The molecule has 12 heteroatoms. The average molecular weight is 449 g/mol. The largest absolute Gasteiger partial charge is 0.448 e. The number of nitrogens with one attached hydrogen (secondary N) is 2. The Morgan fingerprint density at radius 3 is 2.91 bits per heavy atom. The Hall–Kier alpha value is -4.35. The van der Waals surface area contributed by atoms with Gasteiger partial charge in [0, 0.05) is 29.8 Å². The molecule has 12 nitrogen and oxygen atoms in total. The summed E-state index contributed by atoms with van der Waals surface area (Å²) in [7, 11) is 0. The van der Waals surface area contributed by atoms with E-state index >= 15 is 0 Å². The molecule has 5 rings (SSSR count). The van der Waals surface area contributed by atoms with E-state index in [1.54, 1.807) is 31.3 Å². The Labute approximate surface area is 186 Å². The molecule has 0 bridgehead atoms. The molecule has 0 aliphatic carbocycles. The van der Waals surface area contributed by atoms with Gasteiger partial charge < -0.3 is 14.6 Å². The molecule has 1 aromatic carbocycles. The van der Waals surface area contributed by atoms with E-state index in [9.17, 15) is 19.2 Å². The van der Waals surface area contributed by atoms with E-state index in [1.807, 2.05) is 0 Å². The van der Waals surface area contributed by atoms with Crippen molar-refractivity contribution < 1.29 is 23.6 Å². The topological polar surface area (TPSA) is 152 Å². The van der Waals surface area contributed by atoms with Crippen LogP contribution < -0.4 is 10.6 Å². The van der Waals surface area contributed by atoms with Crippen LogP contribution in [0.3, 0.4) is 0 Å². The van der Waals surface area contributed by atoms with Gasteiger partial charge in [-0.3, -0.25) is 24.5 Å². The summed E-state index contributed by atoms with van der Waals surface area (Å²) in [6.45, 7) is 1.82. The highest BCUT2D eigenvalue weighted by Gasteiger charge is 2.39. The Kier molecular flexibility index (Phi) is 4.96. The third-order valence-electron chi connectivity index (χ3n) is 5.69. The first-order valence-electron chi connectivity index (χ1n) is 10.3. The third-order valence-corrected chi connectivity index (χ3v) is 5.69. The monoisotopic (exact) mass is 449 g/mol. The number of carbonyl (C=O) groups excluding carboxylic acids is 4. The van der Waals surface area contributed by atoms with Gasteiger partial charge >= 0.3 is 0 Å². The van der Waals surface area contributed by atoms with Crippen LogP contribution in [0.1, 0.15) is 34.5 Å². The van der Waals surface area contributed by atoms with Crippen molar-refractivity contribution in [2.75, 3.05) is 5.32 Å². The summed E-state index contributed by atoms with van der Waals surface area (Å²) in [4.78, 5) is 54.8. The van der Waals surface area contributed by atoms with Crippen molar-refractivity contribution in [3.8, 4) is 11.4 Å². The number of aryl methyl sites for hydroxylation is 1. The lowest BCUT2D eigenvalue weighted by Crippen LogP contribution is -2.52. The zero-order chi connectivity index (χ0) is 23.1. The van der Waals surface area contributed by atoms with Crippen LogP contribution in [-0.4, -0.2) is 54.5 Å². The van der Waals surface area contributed by atoms with Gasteiger partial charge in [-0.1, -0.05) is 11.3 Å². The molecule has 2 aliphatic heterocycles. The van der Waals surface area contributed by atoms with Gasteiger partial charge in [0.15, 0.2) is 6.39 Å². The number of carbonyl (C=O) groups is 4. The summed E-state index contributed by atoms with van der Waals surface area (Å²) in [6, 6.07) is 4.30. The van der Waals surface area contributed by atoms with Gasteiger partial charge in [-0.2, -0.15) is 0 Å². The normalized spacial score (nSPS) is 17.8. The van der Waals surface area contributed by atoms with E-state index in [-0.39, 0.29) is 43.7 Å². The number of hydrogen-bond donors (Lipinski definition) is 2. The van der Waals surface area contributed by atoms with E-state index in [4.69, 9.17) is 4.42 Å². The van der Waals surface area contributed by atoms with Gasteiger partial charge in [0.25, 0.3) is 5.91 Å². The maximum Gasteiger partial charge on any atom is 0.255 e. The second kappa shape index (κ2) is 7.97. The first-order valence-corrected chi connectivity index (χ1v) is 10.3. The van der Waals surface area contributed by atoms with Gasteiger partial charge in [0.1, 0.15) is 29.7 Å². The minimum absolute atomic E-state index is 0.0988. The predicted octanol–water partition coefficient (Wildman–Crippen LogP) is 0.641. The fourth-order valence-corrected chi connectivity index (χ4v) is 4.08. The second-order valence-electron chi connectivity index (χ2n) is 7.84. The fraction of sp³-hybridized carbons (Fsp3) is 0.286. The number of piperidine rings is 1. The molecule has 1 unspecified atom stereocenters. The summed E-state index contributed by atoms with van der Waals surface area (Å²) in [5.41, 5.74) is 2.56. The molecule has 1 fully saturated rings. The van der Waals surface area contributed by atoms with Crippen LogP contribution in [0.25, 0.3) is 11.4 Å². The first-order chi connectivity index (χ1) is 15.9. The smallest absolute Gasteiger partial charge is 0.255 e. The molecule has 0 saturated carbocycles. The molecule has 2 aliphatic rings. The van der Waals surface area contributed by atoms with Gasteiger partial charge in [0.05, 0.1) is 6.20 Å². The second-order valence-corrected chi connectivity index (χ2v) is 7.84. The Morgan fingerprint density at radius 2 is 2.15 bits per heavy atom. The van der Waals surface area contributed by atoms with Crippen LogP contribution in [0.15, 0.2) is 35.2 Å². The molecule has 33 heavy (non-hydrogen) atoms. The van der Waals surface area contributed by atoms with Gasteiger partial charge in [-0.25, -0.2) is 9.67 Å². The summed E-state index contributed by atoms with van der Waals surface area (Å²) >= 11 is 0. The highest BCUT2D eigenvalue weighted by Crippen LogP contribution is 2.32. The zero-order valence-electron chi connectivity index (χ0n) is 17.6. The van der Waals surface area contributed by atoms with Crippen molar-refractivity contribution in [2.24, 2.45) is 0 Å². The maximum atomic E-state index is 12.9. The summed E-state index contributed by atoms with van der Waals surface area (Å²) < 4.78 is 6.54. The molecule has 2 N–H and O–H groups in total. The van der Waals surface area contributed by atoms with Crippen LogP contribution in [0.2, 0.25) is 0 Å². The quantitative estimate of drug-likeness (QED) is 0.538. The molecular formula is C21H19N7O5. The molecule has 3 aromatic rings. The van der Waals surface area contributed by atoms with Crippen LogP contribution >= 0.6 is 0 Å². The number of hydrogen-bond acceptors (Lipinski definition) is 8. The molecule has 4 heterocycles. The van der Waals surface area contributed by atoms with Crippen LogP contribution in [0, 0.1) is 6.92 Å². The van der Waals surface area contributed by atoms with E-state index in [0.29, 0.717) is 34.0 Å². The first kappa shape index (κ1) is 20.5. The Morgan fingerprint density at radius 1 is 1.30 bits per heavy atom. The fourth-order valence-electron chi connectivity index (χ4n) is 4.08. The number of imide groups is 1. The van der Waals surface area contributed by atoms with Gasteiger partial charge in [0.2, 0.25) is 17.7 Å². The minimum atomic E-state index is -0.722. The van der Waals surface area contributed by atoms with Crippen molar-refractivity contribution >= 4 is 29.3 Å². The summed E-state index contributed by atoms with van der Waals surface area (Å²) in [5, 5.41) is 13.1. The summed E-state index contributed by atoms with van der Waals surface area (Å²) in [6.07, 6.45) is 3.35. The van der Waals surface area contributed by atoms with E-state index in [2.05, 4.69) is 25.9 Å². The molecule has 168 valence electrons. The lowest BCUT2D eigenvalue weighted by molar-refractivity contribution is -0.137. The third kappa shape index (κ3) is 3.75. The SMILES string of the molecule is Cc1ocnc1-c1cn(CC(=O)Nc2cccc3c2CN(C2CCC(=O)NC2=O)C3=O)nn1. The van der Waals surface area contributed by atoms with Gasteiger partial charge in [-0.15, -0.1) is 5.10 Å². The van der Waals surface area contributed by atoms with Crippen molar-refractivity contribution in [3.05, 3.63) is 47.7 Å². The predicted molar refractivity (Wildman–Crippen MR) is 111 cm³/mol. The number of nitrogens with zero attached hydrogens (tertiary/aromatic N) is 5.